The Hall–Kier alpha value is -1.22. The largest absolute Gasteiger partial charge is 0.325 e. The summed E-state index contributed by atoms with van der Waals surface area (Å²) in [6.07, 6.45) is 4.76. The van der Waals surface area contributed by atoms with Gasteiger partial charge in [-0.25, -0.2) is 4.79 Å². The lowest BCUT2D eigenvalue weighted by atomic mass is 9.93. The van der Waals surface area contributed by atoms with Gasteiger partial charge >= 0.3 is 6.03 Å². The number of urea groups is 1. The van der Waals surface area contributed by atoms with E-state index in [9.17, 15) is 4.79 Å². The maximum absolute atomic E-state index is 12.1. The average Bonchev–Trinajstić information content (AvgIpc) is 2.40. The molecule has 0 spiro atoms. The highest BCUT2D eigenvalue weighted by Gasteiger charge is 2.22. The monoisotopic (exact) mass is 280 g/mol. The first-order valence-corrected chi connectivity index (χ1v) is 7.38. The molecule has 1 aliphatic heterocycles. The number of rotatable bonds is 3. The lowest BCUT2D eigenvalue weighted by Crippen LogP contribution is -2.41. The van der Waals surface area contributed by atoms with Crippen molar-refractivity contribution in [3.8, 4) is 0 Å². The molecule has 0 bridgehead atoms. The number of carbonyl (C=O) groups excluding carboxylic acids is 1. The van der Waals surface area contributed by atoms with E-state index in [4.69, 9.17) is 11.6 Å². The Morgan fingerprint density at radius 2 is 2.16 bits per heavy atom. The lowest BCUT2D eigenvalue weighted by Gasteiger charge is -2.31. The molecular weight excluding hydrogens is 260 g/mol. The molecule has 2 rings (SSSR count). The van der Waals surface area contributed by atoms with Gasteiger partial charge in [-0.3, -0.25) is 0 Å². The quantitative estimate of drug-likeness (QED) is 0.875. The van der Waals surface area contributed by atoms with Gasteiger partial charge in [0.15, 0.2) is 0 Å². The number of likely N-dealkylation sites (tertiary alicyclic amines) is 1. The maximum atomic E-state index is 12.1. The minimum Gasteiger partial charge on any atom is -0.325 e. The molecule has 19 heavy (non-hydrogen) atoms. The summed E-state index contributed by atoms with van der Waals surface area (Å²) in [7, 11) is 0. The van der Waals surface area contributed by atoms with Crippen LogP contribution in [0.2, 0.25) is 5.02 Å². The molecule has 1 aromatic carbocycles. The van der Waals surface area contributed by atoms with Crippen LogP contribution < -0.4 is 5.32 Å². The Bertz CT molecular complexity index is 428. The number of hydrogen-bond donors (Lipinski definition) is 1. The Labute approximate surface area is 119 Å². The molecule has 1 aromatic rings. The van der Waals surface area contributed by atoms with Crippen molar-refractivity contribution in [3.63, 3.8) is 0 Å². The zero-order valence-corrected chi connectivity index (χ0v) is 12.1. The van der Waals surface area contributed by atoms with Gasteiger partial charge in [-0.2, -0.15) is 0 Å². The van der Waals surface area contributed by atoms with Crippen LogP contribution in [0.5, 0.6) is 0 Å². The molecule has 0 atom stereocenters. The Balaban J connectivity index is 1.84. The standard InChI is InChI=1S/C15H21ClN2O/c1-2-4-12-7-9-18(10-8-12)15(19)17-14-6-3-5-13(16)11-14/h3,5-6,11-12H,2,4,7-10H2,1H3,(H,17,19). The van der Waals surface area contributed by atoms with Crippen LogP contribution in [-0.4, -0.2) is 24.0 Å². The first-order chi connectivity index (χ1) is 9.19. The summed E-state index contributed by atoms with van der Waals surface area (Å²) >= 11 is 5.90. The van der Waals surface area contributed by atoms with E-state index in [-0.39, 0.29) is 6.03 Å². The highest BCUT2D eigenvalue weighted by atomic mass is 35.5. The maximum Gasteiger partial charge on any atom is 0.321 e. The zero-order chi connectivity index (χ0) is 13.7. The van der Waals surface area contributed by atoms with Gasteiger partial charge in [-0.1, -0.05) is 37.4 Å². The van der Waals surface area contributed by atoms with Gasteiger partial charge in [0.1, 0.15) is 0 Å². The molecule has 0 aromatic heterocycles. The summed E-state index contributed by atoms with van der Waals surface area (Å²) in [5.74, 6) is 0.792. The van der Waals surface area contributed by atoms with Crippen LogP contribution in [-0.2, 0) is 0 Å². The van der Waals surface area contributed by atoms with Crippen molar-refractivity contribution >= 4 is 23.3 Å². The van der Waals surface area contributed by atoms with Crippen molar-refractivity contribution in [2.24, 2.45) is 5.92 Å². The van der Waals surface area contributed by atoms with E-state index in [1.807, 2.05) is 17.0 Å². The van der Waals surface area contributed by atoms with Crippen molar-refractivity contribution in [1.82, 2.24) is 4.90 Å². The number of amides is 2. The predicted octanol–water partition coefficient (Wildman–Crippen LogP) is 4.38. The molecule has 1 saturated heterocycles. The number of piperidine rings is 1. The van der Waals surface area contributed by atoms with Crippen LogP contribution in [0.25, 0.3) is 0 Å². The van der Waals surface area contributed by atoms with Gasteiger partial charge in [0.2, 0.25) is 0 Å². The second-order valence-electron chi connectivity index (χ2n) is 5.16. The number of benzene rings is 1. The normalized spacial score (nSPS) is 16.4. The number of hydrogen-bond acceptors (Lipinski definition) is 1. The smallest absolute Gasteiger partial charge is 0.321 e. The third-order valence-electron chi connectivity index (χ3n) is 3.67. The van der Waals surface area contributed by atoms with E-state index in [2.05, 4.69) is 12.2 Å². The molecule has 4 heteroatoms. The van der Waals surface area contributed by atoms with Crippen molar-refractivity contribution in [3.05, 3.63) is 29.3 Å². The second kappa shape index (κ2) is 6.80. The van der Waals surface area contributed by atoms with Crippen LogP contribution in [0.1, 0.15) is 32.6 Å². The Kier molecular flexibility index (Phi) is 5.08. The number of nitrogens with zero attached hydrogens (tertiary/aromatic N) is 1. The molecular formula is C15H21ClN2O. The number of anilines is 1. The third-order valence-corrected chi connectivity index (χ3v) is 3.91. The summed E-state index contributed by atoms with van der Waals surface area (Å²) < 4.78 is 0. The van der Waals surface area contributed by atoms with Gasteiger partial charge < -0.3 is 10.2 Å². The topological polar surface area (TPSA) is 32.3 Å². The van der Waals surface area contributed by atoms with Crippen LogP contribution in [0.3, 0.4) is 0 Å². The molecule has 0 radical (unpaired) electrons. The van der Waals surface area contributed by atoms with Crippen molar-refractivity contribution < 1.29 is 4.79 Å². The Morgan fingerprint density at radius 3 is 2.79 bits per heavy atom. The predicted molar refractivity (Wildman–Crippen MR) is 79.7 cm³/mol. The summed E-state index contributed by atoms with van der Waals surface area (Å²) in [5.41, 5.74) is 0.758. The lowest BCUT2D eigenvalue weighted by molar-refractivity contribution is 0.179. The summed E-state index contributed by atoms with van der Waals surface area (Å²) in [6, 6.07) is 7.24. The molecule has 2 amide bonds. The van der Waals surface area contributed by atoms with E-state index in [0.717, 1.165) is 37.5 Å². The number of nitrogens with one attached hydrogen (secondary N) is 1. The Morgan fingerprint density at radius 1 is 1.42 bits per heavy atom. The van der Waals surface area contributed by atoms with E-state index in [1.54, 1.807) is 12.1 Å². The summed E-state index contributed by atoms with van der Waals surface area (Å²) in [5, 5.41) is 3.54. The van der Waals surface area contributed by atoms with Gasteiger partial charge in [-0.05, 0) is 37.0 Å². The summed E-state index contributed by atoms with van der Waals surface area (Å²) in [6.45, 7) is 3.94. The fourth-order valence-corrected chi connectivity index (χ4v) is 2.79. The SMILES string of the molecule is CCCC1CCN(C(=O)Nc2cccc(Cl)c2)CC1. The molecule has 104 valence electrons. The molecule has 1 aliphatic rings. The van der Waals surface area contributed by atoms with Gasteiger partial charge in [0, 0.05) is 23.8 Å². The van der Waals surface area contributed by atoms with Crippen molar-refractivity contribution in [1.29, 1.82) is 0 Å². The highest BCUT2D eigenvalue weighted by molar-refractivity contribution is 6.30. The van der Waals surface area contributed by atoms with Gasteiger partial charge in [0.25, 0.3) is 0 Å². The van der Waals surface area contributed by atoms with Gasteiger partial charge in [0.05, 0.1) is 0 Å². The van der Waals surface area contributed by atoms with E-state index in [1.165, 1.54) is 12.8 Å². The molecule has 1 heterocycles. The molecule has 0 aliphatic carbocycles. The van der Waals surface area contributed by atoms with E-state index in [0.29, 0.717) is 5.02 Å². The number of halogens is 1. The molecule has 0 saturated carbocycles. The van der Waals surface area contributed by atoms with Crippen LogP contribution >= 0.6 is 11.6 Å². The fraction of sp³-hybridized carbons (Fsp3) is 0.533. The second-order valence-corrected chi connectivity index (χ2v) is 5.60. The first-order valence-electron chi connectivity index (χ1n) is 7.00. The molecule has 3 nitrogen and oxygen atoms in total. The van der Waals surface area contributed by atoms with Crippen LogP contribution in [0.4, 0.5) is 10.5 Å². The zero-order valence-electron chi connectivity index (χ0n) is 11.4. The van der Waals surface area contributed by atoms with Gasteiger partial charge in [-0.15, -0.1) is 0 Å². The highest BCUT2D eigenvalue weighted by Crippen LogP contribution is 2.22. The fourth-order valence-electron chi connectivity index (χ4n) is 2.60. The minimum atomic E-state index is -0.0165. The van der Waals surface area contributed by atoms with Crippen LogP contribution in [0, 0.1) is 5.92 Å². The molecule has 1 N–H and O–H groups in total. The van der Waals surface area contributed by atoms with E-state index < -0.39 is 0 Å². The van der Waals surface area contributed by atoms with Crippen molar-refractivity contribution in [2.75, 3.05) is 18.4 Å². The summed E-state index contributed by atoms with van der Waals surface area (Å²) in [4.78, 5) is 14.0. The third kappa shape index (κ3) is 4.13. The number of carbonyl (C=O) groups is 1. The van der Waals surface area contributed by atoms with Crippen LogP contribution in [0.15, 0.2) is 24.3 Å². The molecule has 0 unspecified atom stereocenters. The molecule has 1 fully saturated rings. The minimum absolute atomic E-state index is 0.0165. The van der Waals surface area contributed by atoms with E-state index >= 15 is 0 Å². The van der Waals surface area contributed by atoms with Crippen molar-refractivity contribution in [2.45, 2.75) is 32.6 Å². The average molecular weight is 281 g/mol. The first kappa shape index (κ1) is 14.2.